The molecule has 0 saturated carbocycles. The molecule has 1 aliphatic rings. The first kappa shape index (κ1) is 13.1. The first-order valence-electron chi connectivity index (χ1n) is 6.25. The van der Waals surface area contributed by atoms with Gasteiger partial charge in [0.25, 0.3) is 0 Å². The van der Waals surface area contributed by atoms with Crippen LogP contribution in [-0.4, -0.2) is 37.1 Å². The Morgan fingerprint density at radius 2 is 2.00 bits per heavy atom. The number of nitrogens with zero attached hydrogens (tertiary/aromatic N) is 1. The predicted molar refractivity (Wildman–Crippen MR) is 70.2 cm³/mol. The number of morpholine rings is 1. The summed E-state index contributed by atoms with van der Waals surface area (Å²) in [5.74, 6) is 0.0288. The summed E-state index contributed by atoms with van der Waals surface area (Å²) in [4.78, 5) is 13.4. The summed E-state index contributed by atoms with van der Waals surface area (Å²) in [6.07, 6.45) is 0. The number of carbonyl (C=O) groups is 1. The summed E-state index contributed by atoms with van der Waals surface area (Å²) in [5, 5.41) is 0. The molecule has 0 aromatic heterocycles. The van der Waals surface area contributed by atoms with E-state index in [1.165, 1.54) is 11.1 Å². The van der Waals surface area contributed by atoms with Crippen molar-refractivity contribution in [1.82, 2.24) is 4.90 Å². The Hall–Kier alpha value is -1.39. The van der Waals surface area contributed by atoms with Crippen molar-refractivity contribution in [3.05, 3.63) is 34.9 Å². The van der Waals surface area contributed by atoms with Gasteiger partial charge < -0.3 is 15.4 Å². The van der Waals surface area contributed by atoms with Gasteiger partial charge in [-0.05, 0) is 19.4 Å². The van der Waals surface area contributed by atoms with Gasteiger partial charge in [-0.3, -0.25) is 4.79 Å². The normalized spacial score (nSPS) is 17.9. The molecule has 98 valence electrons. The lowest BCUT2D eigenvalue weighted by Gasteiger charge is -2.29. The smallest absolute Gasteiger partial charge is 0.248 e. The van der Waals surface area contributed by atoms with Crippen molar-refractivity contribution in [2.45, 2.75) is 19.9 Å². The first-order chi connectivity index (χ1) is 8.56. The molecule has 1 fully saturated rings. The van der Waals surface area contributed by atoms with Crippen LogP contribution in [0.3, 0.4) is 0 Å². The highest BCUT2D eigenvalue weighted by atomic mass is 16.5. The van der Waals surface area contributed by atoms with Crippen molar-refractivity contribution in [1.29, 1.82) is 0 Å². The van der Waals surface area contributed by atoms with Crippen LogP contribution in [0.2, 0.25) is 0 Å². The average molecular weight is 248 g/mol. The average Bonchev–Trinajstić information content (AvgIpc) is 2.31. The maximum Gasteiger partial charge on any atom is 0.248 e. The monoisotopic (exact) mass is 248 g/mol. The number of aryl methyl sites for hydroxylation is 2. The molecular formula is C14H20N2O2. The lowest BCUT2D eigenvalue weighted by atomic mass is 10.0. The van der Waals surface area contributed by atoms with E-state index in [9.17, 15) is 4.79 Å². The summed E-state index contributed by atoms with van der Waals surface area (Å²) >= 11 is 0. The summed E-state index contributed by atoms with van der Waals surface area (Å²) in [7, 11) is 0. The molecule has 1 atom stereocenters. The summed E-state index contributed by atoms with van der Waals surface area (Å²) in [6, 6.07) is 6.16. The number of rotatable bonds is 3. The van der Waals surface area contributed by atoms with Crippen LogP contribution in [0.15, 0.2) is 18.2 Å². The molecular weight excluding hydrogens is 228 g/mol. The van der Waals surface area contributed by atoms with Crippen LogP contribution < -0.4 is 5.73 Å². The molecule has 1 heterocycles. The molecule has 4 nitrogen and oxygen atoms in total. The van der Waals surface area contributed by atoms with Gasteiger partial charge in [0.1, 0.15) is 6.61 Å². The molecule has 0 spiro atoms. The molecule has 1 saturated heterocycles. The number of hydrogen-bond donors (Lipinski definition) is 1. The van der Waals surface area contributed by atoms with Gasteiger partial charge in [0.2, 0.25) is 5.91 Å². The highest BCUT2D eigenvalue weighted by Crippen LogP contribution is 2.17. The zero-order valence-electron chi connectivity index (χ0n) is 11.0. The Bertz CT molecular complexity index is 425. The lowest BCUT2D eigenvalue weighted by Crippen LogP contribution is -2.44. The van der Waals surface area contributed by atoms with Gasteiger partial charge in [-0.15, -0.1) is 0 Å². The van der Waals surface area contributed by atoms with Gasteiger partial charge in [-0.2, -0.15) is 0 Å². The third-order valence-electron chi connectivity index (χ3n) is 3.17. The van der Waals surface area contributed by atoms with Crippen LogP contribution in [0.1, 0.15) is 22.7 Å². The molecule has 1 aromatic carbocycles. The zero-order valence-corrected chi connectivity index (χ0v) is 11.0. The van der Waals surface area contributed by atoms with Crippen molar-refractivity contribution < 1.29 is 9.53 Å². The molecule has 0 bridgehead atoms. The van der Waals surface area contributed by atoms with Crippen molar-refractivity contribution in [2.24, 2.45) is 5.73 Å². The van der Waals surface area contributed by atoms with Crippen molar-refractivity contribution >= 4 is 5.91 Å². The van der Waals surface area contributed by atoms with Gasteiger partial charge in [-0.1, -0.05) is 29.3 Å². The van der Waals surface area contributed by atoms with Crippen LogP contribution >= 0.6 is 0 Å². The predicted octanol–water partition coefficient (Wildman–Crippen LogP) is 1.16. The molecule has 1 aliphatic heterocycles. The highest BCUT2D eigenvalue weighted by Gasteiger charge is 2.21. The van der Waals surface area contributed by atoms with Crippen molar-refractivity contribution in [3.8, 4) is 0 Å². The van der Waals surface area contributed by atoms with Crippen LogP contribution in [0, 0.1) is 13.8 Å². The van der Waals surface area contributed by atoms with Gasteiger partial charge in [0.15, 0.2) is 0 Å². The van der Waals surface area contributed by atoms with Gasteiger partial charge in [-0.25, -0.2) is 0 Å². The molecule has 2 rings (SSSR count). The number of benzene rings is 1. The molecule has 4 heteroatoms. The third kappa shape index (κ3) is 3.09. The van der Waals surface area contributed by atoms with Gasteiger partial charge in [0.05, 0.1) is 6.61 Å². The molecule has 1 unspecified atom stereocenters. The number of carbonyl (C=O) groups excluding carboxylic acids is 1. The molecule has 18 heavy (non-hydrogen) atoms. The Balaban J connectivity index is 2.06. The maximum absolute atomic E-state index is 11.6. The minimum atomic E-state index is -0.134. The van der Waals surface area contributed by atoms with Gasteiger partial charge in [0, 0.05) is 19.1 Å². The summed E-state index contributed by atoms with van der Waals surface area (Å²) in [5.41, 5.74) is 9.69. The number of ether oxygens (including phenoxy) is 1. The van der Waals surface area contributed by atoms with E-state index in [1.807, 2.05) is 0 Å². The molecule has 1 aromatic rings. The van der Waals surface area contributed by atoms with Crippen molar-refractivity contribution in [2.75, 3.05) is 26.3 Å². The van der Waals surface area contributed by atoms with E-state index in [1.54, 1.807) is 4.90 Å². The van der Waals surface area contributed by atoms with E-state index < -0.39 is 0 Å². The SMILES string of the molecule is Cc1cc(C)cc(C(N)CN2CCOCC2=O)c1. The molecule has 1 amide bonds. The molecule has 0 aliphatic carbocycles. The Labute approximate surface area is 108 Å². The van der Waals surface area contributed by atoms with E-state index in [-0.39, 0.29) is 18.6 Å². The Morgan fingerprint density at radius 3 is 2.61 bits per heavy atom. The number of amides is 1. The quantitative estimate of drug-likeness (QED) is 0.873. The second kappa shape index (κ2) is 5.50. The van der Waals surface area contributed by atoms with E-state index >= 15 is 0 Å². The summed E-state index contributed by atoms with van der Waals surface area (Å²) in [6.45, 7) is 6.10. The second-order valence-electron chi connectivity index (χ2n) is 4.92. The lowest BCUT2D eigenvalue weighted by molar-refractivity contribution is -0.142. The van der Waals surface area contributed by atoms with Crippen LogP contribution in [0.5, 0.6) is 0 Å². The number of nitrogens with two attached hydrogens (primary N) is 1. The maximum atomic E-state index is 11.6. The third-order valence-corrected chi connectivity index (χ3v) is 3.17. The standard InChI is InChI=1S/C14H20N2O2/c1-10-5-11(2)7-12(6-10)13(15)8-16-3-4-18-9-14(16)17/h5-7,13H,3-4,8-9,15H2,1-2H3. The molecule has 2 N–H and O–H groups in total. The van der Waals surface area contributed by atoms with Crippen LogP contribution in [0.4, 0.5) is 0 Å². The van der Waals surface area contributed by atoms with E-state index in [4.69, 9.17) is 10.5 Å². The minimum Gasteiger partial charge on any atom is -0.370 e. The van der Waals surface area contributed by atoms with Crippen LogP contribution in [0.25, 0.3) is 0 Å². The van der Waals surface area contributed by atoms with E-state index in [0.29, 0.717) is 19.7 Å². The summed E-state index contributed by atoms with van der Waals surface area (Å²) < 4.78 is 5.11. The van der Waals surface area contributed by atoms with Crippen LogP contribution in [-0.2, 0) is 9.53 Å². The largest absolute Gasteiger partial charge is 0.370 e. The zero-order chi connectivity index (χ0) is 13.1. The Kier molecular flexibility index (Phi) is 3.99. The fraction of sp³-hybridized carbons (Fsp3) is 0.500. The fourth-order valence-corrected chi connectivity index (χ4v) is 2.31. The van der Waals surface area contributed by atoms with Crippen molar-refractivity contribution in [3.63, 3.8) is 0 Å². The topological polar surface area (TPSA) is 55.6 Å². The minimum absolute atomic E-state index is 0.0288. The van der Waals surface area contributed by atoms with E-state index in [0.717, 1.165) is 5.56 Å². The first-order valence-corrected chi connectivity index (χ1v) is 6.25. The fourth-order valence-electron chi connectivity index (χ4n) is 2.31. The highest BCUT2D eigenvalue weighted by molar-refractivity contribution is 5.78. The molecule has 0 radical (unpaired) electrons. The van der Waals surface area contributed by atoms with Gasteiger partial charge >= 0.3 is 0 Å². The second-order valence-corrected chi connectivity index (χ2v) is 4.92. The Morgan fingerprint density at radius 1 is 1.33 bits per heavy atom. The van der Waals surface area contributed by atoms with E-state index in [2.05, 4.69) is 32.0 Å². The number of hydrogen-bond acceptors (Lipinski definition) is 3.